The molecule has 0 aromatic carbocycles. The van der Waals surface area contributed by atoms with E-state index < -0.39 is 0 Å². The van der Waals surface area contributed by atoms with Gasteiger partial charge in [-0.25, -0.2) is 9.97 Å². The molecule has 6 nitrogen and oxygen atoms in total. The van der Waals surface area contributed by atoms with Gasteiger partial charge in [0.15, 0.2) is 5.13 Å². The van der Waals surface area contributed by atoms with Crippen molar-refractivity contribution in [1.82, 2.24) is 14.9 Å². The Balaban J connectivity index is 1.45. The van der Waals surface area contributed by atoms with Crippen LogP contribution >= 0.6 is 11.3 Å². The standard InChI is InChI=1S/C19H18N4O2S/c24-18(9-8-14-5-4-12-25-14)23-11-3-6-16(23)15-13-26-19(21-15)22-17-7-1-2-10-20-17/h1-2,4-5,7-10,12-13,16H,3,6,11H2,(H,20,21,22)/b9-8+/t16-/m1/s1. The molecule has 7 heteroatoms. The summed E-state index contributed by atoms with van der Waals surface area (Å²) >= 11 is 1.52. The van der Waals surface area contributed by atoms with E-state index in [9.17, 15) is 4.79 Å². The van der Waals surface area contributed by atoms with Crippen LogP contribution in [-0.4, -0.2) is 27.3 Å². The average Bonchev–Trinajstić information content (AvgIpc) is 3.41. The number of amides is 1. The van der Waals surface area contributed by atoms with Crippen molar-refractivity contribution >= 4 is 34.3 Å². The van der Waals surface area contributed by atoms with E-state index in [1.807, 2.05) is 34.5 Å². The Bertz CT molecular complexity index is 889. The molecule has 3 aromatic rings. The summed E-state index contributed by atoms with van der Waals surface area (Å²) in [6.45, 7) is 0.743. The van der Waals surface area contributed by atoms with Gasteiger partial charge in [-0.05, 0) is 43.2 Å². The van der Waals surface area contributed by atoms with Gasteiger partial charge in [0, 0.05) is 24.2 Å². The van der Waals surface area contributed by atoms with Crippen molar-refractivity contribution in [1.29, 1.82) is 0 Å². The normalized spacial score (nSPS) is 17.1. The van der Waals surface area contributed by atoms with Gasteiger partial charge < -0.3 is 14.6 Å². The summed E-state index contributed by atoms with van der Waals surface area (Å²) in [5.41, 5.74) is 0.922. The maximum atomic E-state index is 12.6. The first-order chi connectivity index (χ1) is 12.8. The van der Waals surface area contributed by atoms with Crippen LogP contribution in [0.2, 0.25) is 0 Å². The molecule has 0 spiro atoms. The molecule has 4 rings (SSSR count). The number of hydrogen-bond acceptors (Lipinski definition) is 6. The molecule has 0 unspecified atom stereocenters. The minimum Gasteiger partial charge on any atom is -0.465 e. The zero-order chi connectivity index (χ0) is 17.8. The number of furan rings is 1. The second kappa shape index (κ2) is 7.53. The molecule has 1 fully saturated rings. The lowest BCUT2D eigenvalue weighted by Gasteiger charge is -2.21. The summed E-state index contributed by atoms with van der Waals surface area (Å²) in [7, 11) is 0. The van der Waals surface area contributed by atoms with Crippen LogP contribution in [0.1, 0.15) is 30.3 Å². The first-order valence-corrected chi connectivity index (χ1v) is 9.33. The molecule has 132 valence electrons. The Kier molecular flexibility index (Phi) is 4.79. The molecule has 1 atom stereocenters. The highest BCUT2D eigenvalue weighted by Crippen LogP contribution is 2.34. The van der Waals surface area contributed by atoms with Crippen LogP contribution in [0, 0.1) is 0 Å². The molecule has 1 aliphatic rings. The summed E-state index contributed by atoms with van der Waals surface area (Å²) < 4.78 is 5.24. The van der Waals surface area contributed by atoms with E-state index in [0.29, 0.717) is 5.76 Å². The molecule has 0 saturated carbocycles. The molecular weight excluding hydrogens is 348 g/mol. The summed E-state index contributed by atoms with van der Waals surface area (Å²) in [5, 5.41) is 6.00. The van der Waals surface area contributed by atoms with Gasteiger partial charge in [-0.3, -0.25) is 4.79 Å². The first kappa shape index (κ1) is 16.5. The number of thiazole rings is 1. The lowest BCUT2D eigenvalue weighted by atomic mass is 10.1. The monoisotopic (exact) mass is 366 g/mol. The molecule has 1 aliphatic heterocycles. The second-order valence-corrected chi connectivity index (χ2v) is 6.81. The fraction of sp³-hybridized carbons (Fsp3) is 0.211. The van der Waals surface area contributed by atoms with Crippen LogP contribution < -0.4 is 5.32 Å². The van der Waals surface area contributed by atoms with Gasteiger partial charge in [0.1, 0.15) is 11.6 Å². The number of anilines is 2. The van der Waals surface area contributed by atoms with Crippen molar-refractivity contribution in [3.8, 4) is 0 Å². The minimum atomic E-state index is -0.0175. The van der Waals surface area contributed by atoms with Gasteiger partial charge >= 0.3 is 0 Å². The summed E-state index contributed by atoms with van der Waals surface area (Å²) in [5.74, 6) is 1.41. The Labute approximate surface area is 155 Å². The fourth-order valence-corrected chi connectivity index (χ4v) is 3.78. The van der Waals surface area contributed by atoms with E-state index in [0.717, 1.165) is 36.0 Å². The number of pyridine rings is 1. The molecule has 1 amide bonds. The molecule has 0 radical (unpaired) electrons. The number of likely N-dealkylation sites (tertiary alicyclic amines) is 1. The topological polar surface area (TPSA) is 71.3 Å². The number of rotatable bonds is 5. The third kappa shape index (κ3) is 3.67. The smallest absolute Gasteiger partial charge is 0.247 e. The summed E-state index contributed by atoms with van der Waals surface area (Å²) in [6.07, 6.45) is 8.50. The highest BCUT2D eigenvalue weighted by atomic mass is 32.1. The maximum Gasteiger partial charge on any atom is 0.247 e. The average molecular weight is 366 g/mol. The molecule has 26 heavy (non-hydrogen) atoms. The van der Waals surface area contributed by atoms with Crippen LogP contribution in [0.4, 0.5) is 10.9 Å². The lowest BCUT2D eigenvalue weighted by molar-refractivity contribution is -0.126. The van der Waals surface area contributed by atoms with Gasteiger partial charge in [0.2, 0.25) is 5.91 Å². The zero-order valence-corrected chi connectivity index (χ0v) is 14.9. The van der Waals surface area contributed by atoms with Crippen LogP contribution in [-0.2, 0) is 4.79 Å². The van der Waals surface area contributed by atoms with E-state index in [2.05, 4.69) is 15.3 Å². The van der Waals surface area contributed by atoms with Gasteiger partial charge in [-0.1, -0.05) is 6.07 Å². The van der Waals surface area contributed by atoms with Crippen molar-refractivity contribution in [3.05, 3.63) is 65.7 Å². The maximum absolute atomic E-state index is 12.6. The summed E-state index contributed by atoms with van der Waals surface area (Å²) in [4.78, 5) is 23.4. The summed E-state index contributed by atoms with van der Waals surface area (Å²) in [6, 6.07) is 9.32. The number of nitrogens with one attached hydrogen (secondary N) is 1. The Morgan fingerprint density at radius 1 is 1.35 bits per heavy atom. The lowest BCUT2D eigenvalue weighted by Crippen LogP contribution is -2.29. The number of carbonyl (C=O) groups is 1. The van der Waals surface area contributed by atoms with Crippen molar-refractivity contribution in [2.45, 2.75) is 18.9 Å². The van der Waals surface area contributed by atoms with E-state index in [1.54, 1.807) is 30.7 Å². The predicted molar refractivity (Wildman–Crippen MR) is 101 cm³/mol. The molecular formula is C19H18N4O2S. The van der Waals surface area contributed by atoms with Crippen molar-refractivity contribution in [2.24, 2.45) is 0 Å². The Morgan fingerprint density at radius 2 is 2.31 bits per heavy atom. The fourth-order valence-electron chi connectivity index (χ4n) is 3.02. The Hall–Kier alpha value is -2.93. The number of nitrogens with zero attached hydrogens (tertiary/aromatic N) is 3. The van der Waals surface area contributed by atoms with Gasteiger partial charge in [-0.15, -0.1) is 11.3 Å². The highest BCUT2D eigenvalue weighted by Gasteiger charge is 2.30. The van der Waals surface area contributed by atoms with Crippen molar-refractivity contribution in [2.75, 3.05) is 11.9 Å². The van der Waals surface area contributed by atoms with Gasteiger partial charge in [-0.2, -0.15) is 0 Å². The van der Waals surface area contributed by atoms with Gasteiger partial charge in [0.05, 0.1) is 18.0 Å². The molecule has 3 aromatic heterocycles. The van der Waals surface area contributed by atoms with Crippen LogP contribution in [0.5, 0.6) is 0 Å². The van der Waals surface area contributed by atoms with E-state index in [1.165, 1.54) is 11.3 Å². The third-order valence-electron chi connectivity index (χ3n) is 4.23. The van der Waals surface area contributed by atoms with Crippen LogP contribution in [0.3, 0.4) is 0 Å². The second-order valence-electron chi connectivity index (χ2n) is 5.96. The van der Waals surface area contributed by atoms with Gasteiger partial charge in [0.25, 0.3) is 0 Å². The SMILES string of the molecule is O=C(/C=C/c1ccco1)N1CCC[C@@H]1c1csc(Nc2ccccn2)n1. The first-order valence-electron chi connectivity index (χ1n) is 8.45. The number of hydrogen-bond donors (Lipinski definition) is 1. The van der Waals surface area contributed by atoms with Crippen LogP contribution in [0.25, 0.3) is 6.08 Å². The predicted octanol–water partition coefficient (Wildman–Crippen LogP) is 4.25. The van der Waals surface area contributed by atoms with Crippen molar-refractivity contribution in [3.63, 3.8) is 0 Å². The van der Waals surface area contributed by atoms with E-state index in [-0.39, 0.29) is 11.9 Å². The van der Waals surface area contributed by atoms with Crippen molar-refractivity contribution < 1.29 is 9.21 Å². The largest absolute Gasteiger partial charge is 0.465 e. The highest BCUT2D eigenvalue weighted by molar-refractivity contribution is 7.13. The zero-order valence-electron chi connectivity index (χ0n) is 14.0. The van der Waals surface area contributed by atoms with E-state index in [4.69, 9.17) is 4.42 Å². The molecule has 0 aliphatic carbocycles. The third-order valence-corrected chi connectivity index (χ3v) is 5.01. The van der Waals surface area contributed by atoms with Crippen LogP contribution in [0.15, 0.2) is 58.7 Å². The Morgan fingerprint density at radius 3 is 3.12 bits per heavy atom. The molecule has 1 N–H and O–H groups in total. The molecule has 4 heterocycles. The molecule has 0 bridgehead atoms. The minimum absolute atomic E-state index is 0.0132. The van der Waals surface area contributed by atoms with E-state index >= 15 is 0 Å². The number of carbonyl (C=O) groups excluding carboxylic acids is 1. The quantitative estimate of drug-likeness (QED) is 0.684. The number of aromatic nitrogens is 2. The molecule has 1 saturated heterocycles.